The Hall–Kier alpha value is -3.64. The Kier molecular flexibility index (Phi) is 6.07. The molecule has 176 valence electrons. The van der Waals surface area contributed by atoms with Crippen molar-refractivity contribution in [3.63, 3.8) is 0 Å². The summed E-state index contributed by atoms with van der Waals surface area (Å²) in [4.78, 5) is 5.83. The van der Waals surface area contributed by atoms with Gasteiger partial charge in [0.1, 0.15) is 11.5 Å². The van der Waals surface area contributed by atoms with Crippen molar-refractivity contribution in [2.45, 2.75) is 19.4 Å². The number of fused-ring (bicyclic) bond motifs is 2. The quantitative estimate of drug-likeness (QED) is 0.400. The fourth-order valence-corrected chi connectivity index (χ4v) is 4.98. The van der Waals surface area contributed by atoms with Crippen molar-refractivity contribution < 1.29 is 19.3 Å². The van der Waals surface area contributed by atoms with Crippen molar-refractivity contribution in [2.24, 2.45) is 0 Å². The molecule has 1 aliphatic rings. The first kappa shape index (κ1) is 22.2. The zero-order chi connectivity index (χ0) is 23.7. The number of para-hydroxylation sites is 1. The summed E-state index contributed by atoms with van der Waals surface area (Å²) in [5, 5.41) is 12.5. The van der Waals surface area contributed by atoms with Crippen molar-refractivity contribution in [3.05, 3.63) is 71.4 Å². The van der Waals surface area contributed by atoms with Crippen LogP contribution < -0.4 is 14.2 Å². The van der Waals surface area contributed by atoms with Gasteiger partial charge in [0, 0.05) is 53.9 Å². The number of hydrogen-bond donors (Lipinski definition) is 2. The fraction of sp³-hybridized carbons (Fsp3) is 0.286. The highest BCUT2D eigenvalue weighted by Crippen LogP contribution is 2.47. The molecule has 0 fully saturated rings. The van der Waals surface area contributed by atoms with E-state index < -0.39 is 0 Å². The van der Waals surface area contributed by atoms with E-state index in [9.17, 15) is 5.11 Å². The molecule has 4 aromatic rings. The molecule has 3 aromatic carbocycles. The van der Waals surface area contributed by atoms with Gasteiger partial charge in [-0.2, -0.15) is 0 Å². The SMILES string of the molecule is COc1ccc(-c2c(O)c(OC)cc3c2CN(CCc2c[nH]c4ccccc24)CC3)c(OC)c1. The second-order valence-electron chi connectivity index (χ2n) is 8.64. The molecule has 2 N–H and O–H groups in total. The molecule has 2 heterocycles. The van der Waals surface area contributed by atoms with Crippen molar-refractivity contribution in [1.82, 2.24) is 9.88 Å². The fourth-order valence-electron chi connectivity index (χ4n) is 4.98. The van der Waals surface area contributed by atoms with E-state index in [1.807, 2.05) is 24.3 Å². The lowest BCUT2D eigenvalue weighted by atomic mass is 9.89. The molecule has 0 atom stereocenters. The van der Waals surface area contributed by atoms with Gasteiger partial charge in [-0.3, -0.25) is 4.90 Å². The largest absolute Gasteiger partial charge is 0.504 e. The van der Waals surface area contributed by atoms with Gasteiger partial charge < -0.3 is 24.3 Å². The Balaban J connectivity index is 1.48. The van der Waals surface area contributed by atoms with Crippen molar-refractivity contribution in [1.29, 1.82) is 0 Å². The maximum Gasteiger partial charge on any atom is 0.166 e. The van der Waals surface area contributed by atoms with Gasteiger partial charge in [-0.25, -0.2) is 0 Å². The molecule has 0 amide bonds. The highest BCUT2D eigenvalue weighted by atomic mass is 16.5. The van der Waals surface area contributed by atoms with E-state index in [0.29, 0.717) is 17.2 Å². The van der Waals surface area contributed by atoms with Gasteiger partial charge in [0.25, 0.3) is 0 Å². The van der Waals surface area contributed by atoms with Crippen LogP contribution in [0.15, 0.2) is 54.7 Å². The highest BCUT2D eigenvalue weighted by molar-refractivity contribution is 5.84. The number of aromatic nitrogens is 1. The van der Waals surface area contributed by atoms with Gasteiger partial charge in [-0.15, -0.1) is 0 Å². The number of nitrogens with zero attached hydrogens (tertiary/aromatic N) is 1. The summed E-state index contributed by atoms with van der Waals surface area (Å²) in [5.41, 5.74) is 6.42. The van der Waals surface area contributed by atoms with Crippen LogP contribution >= 0.6 is 0 Å². The third-order valence-corrected chi connectivity index (χ3v) is 6.81. The number of nitrogens with one attached hydrogen (secondary N) is 1. The molecule has 6 heteroatoms. The molecule has 34 heavy (non-hydrogen) atoms. The smallest absolute Gasteiger partial charge is 0.166 e. The van der Waals surface area contributed by atoms with Crippen LogP contribution in [0.4, 0.5) is 0 Å². The summed E-state index contributed by atoms with van der Waals surface area (Å²) < 4.78 is 16.6. The van der Waals surface area contributed by atoms with Crippen LogP contribution in [0.3, 0.4) is 0 Å². The number of aromatic hydroxyl groups is 1. The number of phenolic OH excluding ortho intramolecular Hbond substituents is 1. The third-order valence-electron chi connectivity index (χ3n) is 6.81. The van der Waals surface area contributed by atoms with Gasteiger partial charge >= 0.3 is 0 Å². The minimum atomic E-state index is 0.142. The van der Waals surface area contributed by atoms with Gasteiger partial charge in [-0.1, -0.05) is 18.2 Å². The summed E-state index contributed by atoms with van der Waals surface area (Å²) in [6.45, 7) is 2.65. The number of aromatic amines is 1. The standard InChI is InChI=1S/C28H30N2O4/c1-32-20-8-9-22(25(15-20)33-2)27-23-17-30(12-10-18(23)14-26(34-3)28(27)31)13-11-19-16-29-24-7-5-4-6-21(19)24/h4-9,14-16,29,31H,10-13,17H2,1-3H3. The second-order valence-corrected chi connectivity index (χ2v) is 8.64. The van der Waals surface area contributed by atoms with E-state index >= 15 is 0 Å². The Labute approximate surface area is 199 Å². The van der Waals surface area contributed by atoms with Crippen LogP contribution in [0.25, 0.3) is 22.0 Å². The number of benzene rings is 3. The highest BCUT2D eigenvalue weighted by Gasteiger charge is 2.26. The van der Waals surface area contributed by atoms with Gasteiger partial charge in [0.05, 0.1) is 21.3 Å². The molecule has 1 aromatic heterocycles. The van der Waals surface area contributed by atoms with E-state index in [1.54, 1.807) is 21.3 Å². The van der Waals surface area contributed by atoms with E-state index in [4.69, 9.17) is 14.2 Å². The maximum atomic E-state index is 11.2. The van der Waals surface area contributed by atoms with Gasteiger partial charge in [0.2, 0.25) is 0 Å². The number of hydrogen-bond acceptors (Lipinski definition) is 5. The monoisotopic (exact) mass is 458 g/mol. The Morgan fingerprint density at radius 3 is 2.59 bits per heavy atom. The zero-order valence-electron chi connectivity index (χ0n) is 19.9. The molecule has 0 aliphatic carbocycles. The number of methoxy groups -OCH3 is 3. The maximum absolute atomic E-state index is 11.2. The third kappa shape index (κ3) is 3.94. The lowest BCUT2D eigenvalue weighted by molar-refractivity contribution is 0.256. The molecule has 1 aliphatic heterocycles. The van der Waals surface area contributed by atoms with E-state index in [-0.39, 0.29) is 5.75 Å². The molecule has 0 spiro atoms. The first-order chi connectivity index (χ1) is 16.6. The van der Waals surface area contributed by atoms with Crippen molar-refractivity contribution >= 4 is 10.9 Å². The Morgan fingerprint density at radius 2 is 1.79 bits per heavy atom. The lowest BCUT2D eigenvalue weighted by Crippen LogP contribution is -2.32. The van der Waals surface area contributed by atoms with Gasteiger partial charge in [0.15, 0.2) is 11.5 Å². The topological polar surface area (TPSA) is 67.0 Å². The van der Waals surface area contributed by atoms with E-state index in [0.717, 1.165) is 49.2 Å². The van der Waals surface area contributed by atoms with Crippen LogP contribution in [-0.2, 0) is 19.4 Å². The molecule has 0 bridgehead atoms. The Morgan fingerprint density at radius 1 is 0.971 bits per heavy atom. The number of phenols is 1. The minimum absolute atomic E-state index is 0.142. The van der Waals surface area contributed by atoms with E-state index in [2.05, 4.69) is 40.3 Å². The minimum Gasteiger partial charge on any atom is -0.504 e. The van der Waals surface area contributed by atoms with Crippen LogP contribution in [0.2, 0.25) is 0 Å². The number of H-pyrrole nitrogens is 1. The van der Waals surface area contributed by atoms with Gasteiger partial charge in [-0.05, 0) is 53.8 Å². The average molecular weight is 459 g/mol. The summed E-state index contributed by atoms with van der Waals surface area (Å²) in [6.07, 6.45) is 3.97. The van der Waals surface area contributed by atoms with Crippen molar-refractivity contribution in [3.8, 4) is 34.1 Å². The van der Waals surface area contributed by atoms with Crippen LogP contribution in [0, 0.1) is 0 Å². The summed E-state index contributed by atoms with van der Waals surface area (Å²) in [7, 11) is 4.85. The zero-order valence-corrected chi connectivity index (χ0v) is 19.9. The first-order valence-electron chi connectivity index (χ1n) is 11.5. The normalized spacial score (nSPS) is 13.6. The summed E-state index contributed by atoms with van der Waals surface area (Å²) in [6, 6.07) is 16.1. The van der Waals surface area contributed by atoms with Crippen LogP contribution in [-0.4, -0.2) is 49.4 Å². The molecular weight excluding hydrogens is 428 g/mol. The summed E-state index contributed by atoms with van der Waals surface area (Å²) in [5.74, 6) is 1.99. The molecule has 0 saturated carbocycles. The van der Waals surface area contributed by atoms with Crippen LogP contribution in [0.5, 0.6) is 23.0 Å². The molecule has 0 unspecified atom stereocenters. The predicted octanol–water partition coefficient (Wildman–Crippen LogP) is 5.17. The first-order valence-corrected chi connectivity index (χ1v) is 11.5. The molecular formula is C28H30N2O4. The van der Waals surface area contributed by atoms with Crippen molar-refractivity contribution in [2.75, 3.05) is 34.4 Å². The predicted molar refractivity (Wildman–Crippen MR) is 134 cm³/mol. The molecule has 5 rings (SSSR count). The number of ether oxygens (including phenoxy) is 3. The second kappa shape index (κ2) is 9.31. The van der Waals surface area contributed by atoms with Crippen LogP contribution in [0.1, 0.15) is 16.7 Å². The summed E-state index contributed by atoms with van der Waals surface area (Å²) >= 11 is 0. The average Bonchev–Trinajstić information content (AvgIpc) is 3.30. The molecule has 6 nitrogen and oxygen atoms in total. The molecule has 0 saturated heterocycles. The molecule has 0 radical (unpaired) electrons. The van der Waals surface area contributed by atoms with E-state index in [1.165, 1.54) is 22.0 Å². The lowest BCUT2D eigenvalue weighted by Gasteiger charge is -2.31. The number of rotatable bonds is 7. The Bertz CT molecular complexity index is 1330.